The van der Waals surface area contributed by atoms with Crippen LogP contribution >= 0.6 is 0 Å². The van der Waals surface area contributed by atoms with Crippen LogP contribution in [0.5, 0.6) is 0 Å². The Kier molecular flexibility index (Phi) is 10.4. The standard InChI is InChI=1S/C20H40O2/c1-5-16(2)6-7-17(3)8-9-18-10-12-19(13-11-18)20(14-21)15-22-4/h16-21H,5-15H2,1-4H3. The SMILES string of the molecule is CCC(C)CCC(C)CCC1CCC(C(CO)COC)CC1. The molecule has 1 fully saturated rings. The summed E-state index contributed by atoms with van der Waals surface area (Å²) in [6.07, 6.45) is 12.3. The number of aliphatic hydroxyl groups excluding tert-OH is 1. The molecular weight excluding hydrogens is 272 g/mol. The maximum Gasteiger partial charge on any atom is 0.0515 e. The lowest BCUT2D eigenvalue weighted by atomic mass is 9.74. The van der Waals surface area contributed by atoms with Gasteiger partial charge in [0.25, 0.3) is 0 Å². The Hall–Kier alpha value is -0.0800. The lowest BCUT2D eigenvalue weighted by Gasteiger charge is -2.33. The van der Waals surface area contributed by atoms with Gasteiger partial charge >= 0.3 is 0 Å². The summed E-state index contributed by atoms with van der Waals surface area (Å²) in [7, 11) is 1.75. The van der Waals surface area contributed by atoms with Crippen LogP contribution in [0.4, 0.5) is 0 Å². The van der Waals surface area contributed by atoms with Gasteiger partial charge in [-0.25, -0.2) is 0 Å². The van der Waals surface area contributed by atoms with E-state index >= 15 is 0 Å². The summed E-state index contributed by atoms with van der Waals surface area (Å²) in [5, 5.41) is 9.50. The molecule has 22 heavy (non-hydrogen) atoms. The van der Waals surface area contributed by atoms with Crippen molar-refractivity contribution >= 4 is 0 Å². The second-order valence-corrected chi connectivity index (χ2v) is 7.95. The van der Waals surface area contributed by atoms with Gasteiger partial charge in [-0.1, -0.05) is 65.7 Å². The van der Waals surface area contributed by atoms with E-state index in [1.165, 1.54) is 57.8 Å². The predicted molar refractivity (Wildman–Crippen MR) is 95.0 cm³/mol. The van der Waals surface area contributed by atoms with Crippen LogP contribution in [0, 0.1) is 29.6 Å². The van der Waals surface area contributed by atoms with Gasteiger partial charge in [0.2, 0.25) is 0 Å². The maximum atomic E-state index is 9.50. The van der Waals surface area contributed by atoms with Gasteiger partial charge in [0, 0.05) is 19.6 Å². The molecule has 0 aliphatic heterocycles. The van der Waals surface area contributed by atoms with Gasteiger partial charge in [0.1, 0.15) is 0 Å². The number of rotatable bonds is 11. The third kappa shape index (κ3) is 7.46. The van der Waals surface area contributed by atoms with Crippen LogP contribution in [-0.4, -0.2) is 25.4 Å². The van der Waals surface area contributed by atoms with Crippen LogP contribution in [0.15, 0.2) is 0 Å². The van der Waals surface area contributed by atoms with E-state index in [0.29, 0.717) is 11.8 Å². The first-order valence-corrected chi connectivity index (χ1v) is 9.70. The van der Waals surface area contributed by atoms with Crippen LogP contribution < -0.4 is 0 Å². The highest BCUT2D eigenvalue weighted by molar-refractivity contribution is 4.78. The fourth-order valence-electron chi connectivity index (χ4n) is 3.94. The van der Waals surface area contributed by atoms with Gasteiger partial charge in [0.05, 0.1) is 6.61 Å². The molecule has 0 aromatic carbocycles. The minimum atomic E-state index is 0.288. The molecule has 0 heterocycles. The Bertz CT molecular complexity index is 258. The monoisotopic (exact) mass is 312 g/mol. The molecule has 1 saturated carbocycles. The van der Waals surface area contributed by atoms with Gasteiger partial charge in [-0.05, 0) is 36.5 Å². The molecule has 3 atom stereocenters. The van der Waals surface area contributed by atoms with Gasteiger partial charge < -0.3 is 9.84 Å². The van der Waals surface area contributed by atoms with E-state index in [0.717, 1.165) is 24.4 Å². The Balaban J connectivity index is 2.17. The van der Waals surface area contributed by atoms with Crippen LogP contribution in [0.2, 0.25) is 0 Å². The summed E-state index contributed by atoms with van der Waals surface area (Å²) in [4.78, 5) is 0. The van der Waals surface area contributed by atoms with Gasteiger partial charge in [-0.3, -0.25) is 0 Å². The normalized spacial score (nSPS) is 26.6. The quantitative estimate of drug-likeness (QED) is 0.561. The zero-order valence-corrected chi connectivity index (χ0v) is 15.5. The summed E-state index contributed by atoms with van der Waals surface area (Å²) in [5.74, 6) is 3.77. The molecule has 2 heteroatoms. The van der Waals surface area contributed by atoms with Crippen molar-refractivity contribution in [2.45, 2.75) is 78.6 Å². The number of methoxy groups -OCH3 is 1. The molecule has 0 spiro atoms. The van der Waals surface area contributed by atoms with Crippen molar-refractivity contribution in [1.82, 2.24) is 0 Å². The van der Waals surface area contributed by atoms with Crippen LogP contribution in [-0.2, 0) is 4.74 Å². The molecule has 1 rings (SSSR count). The van der Waals surface area contributed by atoms with Crippen LogP contribution in [0.3, 0.4) is 0 Å². The van der Waals surface area contributed by atoms with Crippen LogP contribution in [0.25, 0.3) is 0 Å². The minimum Gasteiger partial charge on any atom is -0.396 e. The molecule has 0 bridgehead atoms. The largest absolute Gasteiger partial charge is 0.396 e. The van der Waals surface area contributed by atoms with Crippen molar-refractivity contribution in [2.24, 2.45) is 29.6 Å². The first kappa shape index (κ1) is 20.0. The zero-order chi connectivity index (χ0) is 16.4. The van der Waals surface area contributed by atoms with Crippen molar-refractivity contribution in [2.75, 3.05) is 20.3 Å². The molecule has 0 aromatic rings. The summed E-state index contributed by atoms with van der Waals surface area (Å²) >= 11 is 0. The van der Waals surface area contributed by atoms with Crippen molar-refractivity contribution < 1.29 is 9.84 Å². The molecular formula is C20H40O2. The third-order valence-electron chi connectivity index (χ3n) is 6.09. The first-order chi connectivity index (χ1) is 10.6. The molecule has 1 aliphatic carbocycles. The predicted octanol–water partition coefficient (Wildman–Crippen LogP) is 5.29. The lowest BCUT2D eigenvalue weighted by Crippen LogP contribution is -2.27. The number of aliphatic hydroxyl groups is 1. The molecule has 1 aliphatic rings. The summed E-state index contributed by atoms with van der Waals surface area (Å²) in [6.45, 7) is 8.13. The highest BCUT2D eigenvalue weighted by Gasteiger charge is 2.27. The minimum absolute atomic E-state index is 0.288. The molecule has 3 unspecified atom stereocenters. The van der Waals surface area contributed by atoms with Gasteiger partial charge in [0.15, 0.2) is 0 Å². The average molecular weight is 313 g/mol. The summed E-state index contributed by atoms with van der Waals surface area (Å²) in [6, 6.07) is 0. The van der Waals surface area contributed by atoms with E-state index in [2.05, 4.69) is 20.8 Å². The third-order valence-corrected chi connectivity index (χ3v) is 6.09. The fraction of sp³-hybridized carbons (Fsp3) is 1.00. The first-order valence-electron chi connectivity index (χ1n) is 9.70. The molecule has 1 N–H and O–H groups in total. The van der Waals surface area contributed by atoms with E-state index < -0.39 is 0 Å². The molecule has 0 radical (unpaired) electrons. The Labute approximate surface area is 139 Å². The highest BCUT2D eigenvalue weighted by atomic mass is 16.5. The fourth-order valence-corrected chi connectivity index (χ4v) is 3.94. The van der Waals surface area contributed by atoms with E-state index in [1.54, 1.807) is 7.11 Å². The van der Waals surface area contributed by atoms with Crippen LogP contribution in [0.1, 0.15) is 78.6 Å². The number of hydrogen-bond acceptors (Lipinski definition) is 2. The van der Waals surface area contributed by atoms with Gasteiger partial charge in [-0.15, -0.1) is 0 Å². The number of ether oxygens (including phenoxy) is 1. The molecule has 0 saturated heterocycles. The van der Waals surface area contributed by atoms with Crippen molar-refractivity contribution in [3.05, 3.63) is 0 Å². The Morgan fingerprint density at radius 3 is 2.18 bits per heavy atom. The van der Waals surface area contributed by atoms with E-state index in [9.17, 15) is 5.11 Å². The molecule has 132 valence electrons. The summed E-state index contributed by atoms with van der Waals surface area (Å²) in [5.41, 5.74) is 0. The van der Waals surface area contributed by atoms with Crippen molar-refractivity contribution in [3.8, 4) is 0 Å². The van der Waals surface area contributed by atoms with Crippen molar-refractivity contribution in [1.29, 1.82) is 0 Å². The molecule has 2 nitrogen and oxygen atoms in total. The second kappa shape index (κ2) is 11.5. The second-order valence-electron chi connectivity index (χ2n) is 7.95. The zero-order valence-electron chi connectivity index (χ0n) is 15.5. The lowest BCUT2D eigenvalue weighted by molar-refractivity contribution is 0.0546. The smallest absolute Gasteiger partial charge is 0.0515 e. The number of hydrogen-bond donors (Lipinski definition) is 1. The Morgan fingerprint density at radius 2 is 1.64 bits per heavy atom. The van der Waals surface area contributed by atoms with E-state index in [-0.39, 0.29) is 6.61 Å². The summed E-state index contributed by atoms with van der Waals surface area (Å²) < 4.78 is 5.25. The van der Waals surface area contributed by atoms with E-state index in [1.807, 2.05) is 0 Å². The Morgan fingerprint density at radius 1 is 1.00 bits per heavy atom. The molecule has 0 aromatic heterocycles. The molecule has 0 amide bonds. The van der Waals surface area contributed by atoms with Gasteiger partial charge in [-0.2, -0.15) is 0 Å². The highest BCUT2D eigenvalue weighted by Crippen LogP contribution is 2.36. The topological polar surface area (TPSA) is 29.5 Å². The van der Waals surface area contributed by atoms with Crippen molar-refractivity contribution in [3.63, 3.8) is 0 Å². The average Bonchev–Trinajstić information content (AvgIpc) is 2.56. The van der Waals surface area contributed by atoms with E-state index in [4.69, 9.17) is 4.74 Å². The maximum absolute atomic E-state index is 9.50.